The molecule has 0 saturated carbocycles. The van der Waals surface area contributed by atoms with E-state index in [9.17, 15) is 0 Å². The largest absolute Gasteiger partial charge is 0.455 e. The van der Waals surface area contributed by atoms with Gasteiger partial charge in [0.25, 0.3) is 0 Å². The van der Waals surface area contributed by atoms with Crippen LogP contribution in [0, 0.1) is 5.92 Å². The monoisotopic (exact) mass is 604 g/mol. The molecule has 0 amide bonds. The Kier molecular flexibility index (Phi) is 7.31. The van der Waals surface area contributed by atoms with Crippen LogP contribution < -0.4 is 0 Å². The third-order valence-electron chi connectivity index (χ3n) is 9.64. The first-order valence-corrected chi connectivity index (χ1v) is 16.5. The second-order valence-corrected chi connectivity index (χ2v) is 12.5. The summed E-state index contributed by atoms with van der Waals surface area (Å²) in [4.78, 5) is 0. The van der Waals surface area contributed by atoms with E-state index < -0.39 is 0 Å². The van der Waals surface area contributed by atoms with Gasteiger partial charge in [-0.1, -0.05) is 165 Å². The molecule has 7 aromatic rings. The molecule has 47 heavy (non-hydrogen) atoms. The second-order valence-electron chi connectivity index (χ2n) is 12.5. The van der Waals surface area contributed by atoms with Gasteiger partial charge in [-0.2, -0.15) is 0 Å². The molecule has 1 nitrogen and oxygen atoms in total. The Morgan fingerprint density at radius 2 is 1.36 bits per heavy atom. The summed E-state index contributed by atoms with van der Waals surface area (Å²) in [6.45, 7) is 8.71. The smallest absolute Gasteiger partial charge is 0.143 e. The minimum Gasteiger partial charge on any atom is -0.455 e. The van der Waals surface area contributed by atoms with Crippen molar-refractivity contribution >= 4 is 54.6 Å². The number of furan rings is 1. The summed E-state index contributed by atoms with van der Waals surface area (Å²) in [6, 6.07) is 41.5. The summed E-state index contributed by atoms with van der Waals surface area (Å²) in [5.74, 6) is 0.516. The second kappa shape index (κ2) is 11.9. The Morgan fingerprint density at radius 3 is 2.06 bits per heavy atom. The molecule has 2 atom stereocenters. The van der Waals surface area contributed by atoms with Crippen molar-refractivity contribution in [2.45, 2.75) is 19.8 Å². The van der Waals surface area contributed by atoms with Crippen LogP contribution in [0.4, 0.5) is 0 Å². The van der Waals surface area contributed by atoms with Gasteiger partial charge < -0.3 is 4.42 Å². The van der Waals surface area contributed by atoms with Gasteiger partial charge in [-0.05, 0) is 73.9 Å². The highest BCUT2D eigenvalue weighted by Crippen LogP contribution is 2.47. The molecule has 1 aliphatic carbocycles. The number of allylic oxidation sites excluding steroid dienone is 9. The van der Waals surface area contributed by atoms with E-state index in [0.29, 0.717) is 0 Å². The van der Waals surface area contributed by atoms with Gasteiger partial charge in [0.1, 0.15) is 11.2 Å². The average molecular weight is 605 g/mol. The van der Waals surface area contributed by atoms with Crippen molar-refractivity contribution in [1.29, 1.82) is 0 Å². The van der Waals surface area contributed by atoms with E-state index in [2.05, 4.69) is 147 Å². The van der Waals surface area contributed by atoms with E-state index in [0.717, 1.165) is 33.1 Å². The number of benzene rings is 6. The van der Waals surface area contributed by atoms with Crippen molar-refractivity contribution in [3.63, 3.8) is 0 Å². The summed E-state index contributed by atoms with van der Waals surface area (Å²) in [6.07, 6.45) is 15.3. The van der Waals surface area contributed by atoms with E-state index in [1.807, 2.05) is 31.2 Å². The summed E-state index contributed by atoms with van der Waals surface area (Å²) < 4.78 is 6.54. The molecular formula is C46H36O. The highest BCUT2D eigenvalue weighted by atomic mass is 16.3. The Labute approximate surface area is 276 Å². The first kappa shape index (κ1) is 28.8. The van der Waals surface area contributed by atoms with Crippen molar-refractivity contribution in [2.24, 2.45) is 5.92 Å². The molecule has 0 fully saturated rings. The number of hydrogen-bond acceptors (Lipinski definition) is 1. The lowest BCUT2D eigenvalue weighted by Gasteiger charge is -2.28. The van der Waals surface area contributed by atoms with Crippen LogP contribution in [0.3, 0.4) is 0 Å². The first-order valence-electron chi connectivity index (χ1n) is 16.5. The topological polar surface area (TPSA) is 13.1 Å². The van der Waals surface area contributed by atoms with Crippen LogP contribution in [0.15, 0.2) is 169 Å². The van der Waals surface area contributed by atoms with Gasteiger partial charge in [-0.3, -0.25) is 0 Å². The van der Waals surface area contributed by atoms with Crippen molar-refractivity contribution in [2.75, 3.05) is 0 Å². The van der Waals surface area contributed by atoms with Crippen LogP contribution in [0.25, 0.3) is 65.8 Å². The lowest BCUT2D eigenvalue weighted by atomic mass is 9.76. The average Bonchev–Trinajstić information content (AvgIpc) is 3.50. The first-order chi connectivity index (χ1) is 23.1. The van der Waals surface area contributed by atoms with Crippen molar-refractivity contribution < 1.29 is 4.42 Å². The molecule has 1 aromatic heterocycles. The summed E-state index contributed by atoms with van der Waals surface area (Å²) in [5, 5.41) is 7.52. The zero-order chi connectivity index (χ0) is 31.9. The zero-order valence-corrected chi connectivity index (χ0v) is 26.8. The molecule has 1 heteroatoms. The van der Waals surface area contributed by atoms with E-state index in [4.69, 9.17) is 4.42 Å². The van der Waals surface area contributed by atoms with Crippen LogP contribution in [0.1, 0.15) is 36.5 Å². The lowest BCUT2D eigenvalue weighted by Crippen LogP contribution is -2.11. The summed E-state index contributed by atoms with van der Waals surface area (Å²) in [5.41, 5.74) is 10.1. The minimum atomic E-state index is 0.234. The Bertz CT molecular complexity index is 2390. The maximum absolute atomic E-state index is 6.54. The highest BCUT2D eigenvalue weighted by molar-refractivity contribution is 6.16. The van der Waals surface area contributed by atoms with Crippen LogP contribution in [-0.2, 0) is 0 Å². The minimum absolute atomic E-state index is 0.234. The predicted molar refractivity (Wildman–Crippen MR) is 203 cm³/mol. The van der Waals surface area contributed by atoms with E-state index in [1.54, 1.807) is 0 Å². The number of para-hydroxylation sites is 1. The number of rotatable bonds is 6. The van der Waals surface area contributed by atoms with Gasteiger partial charge in [0.2, 0.25) is 0 Å². The molecule has 6 aromatic carbocycles. The number of fused-ring (bicyclic) bond motifs is 5. The third-order valence-corrected chi connectivity index (χ3v) is 9.64. The van der Waals surface area contributed by atoms with E-state index >= 15 is 0 Å². The van der Waals surface area contributed by atoms with Crippen LogP contribution in [0.5, 0.6) is 0 Å². The Morgan fingerprint density at radius 1 is 0.702 bits per heavy atom. The van der Waals surface area contributed by atoms with Gasteiger partial charge in [-0.25, -0.2) is 0 Å². The van der Waals surface area contributed by atoms with Crippen LogP contribution in [0.2, 0.25) is 0 Å². The molecule has 1 unspecified atom stereocenters. The van der Waals surface area contributed by atoms with Gasteiger partial charge >= 0.3 is 0 Å². The standard InChI is InChI=1S/C46H36O/c1-4-5-7-16-30(2)35-23-14-25-41-45-36(24-15-26-42(45)47-46(35)41)33-27-28-34(31(3)29-33)44-39-21-12-10-19-37(39)43(32-17-8-6-9-18-32)38-20-11-13-22-40(38)44/h4-29,31,34H,2H2,1,3H3/b5-4-,16-7-/t31?,34-/m0/s1. The molecule has 0 aliphatic heterocycles. The summed E-state index contributed by atoms with van der Waals surface area (Å²) >= 11 is 0. The molecule has 8 rings (SSSR count). The van der Waals surface area contributed by atoms with Gasteiger partial charge in [0, 0.05) is 22.3 Å². The quantitative estimate of drug-likeness (QED) is 0.136. The van der Waals surface area contributed by atoms with Crippen LogP contribution in [-0.4, -0.2) is 0 Å². The molecule has 0 bridgehead atoms. The van der Waals surface area contributed by atoms with Crippen LogP contribution >= 0.6 is 0 Å². The molecule has 226 valence electrons. The molecule has 0 radical (unpaired) electrons. The fourth-order valence-corrected chi connectivity index (χ4v) is 7.51. The van der Waals surface area contributed by atoms with E-state index in [1.165, 1.54) is 49.4 Å². The molecule has 1 heterocycles. The fraction of sp³-hybridized carbons (Fsp3) is 0.0870. The van der Waals surface area contributed by atoms with Crippen molar-refractivity contribution in [3.8, 4) is 11.1 Å². The predicted octanol–water partition coefficient (Wildman–Crippen LogP) is 13.1. The third kappa shape index (κ3) is 4.87. The fourth-order valence-electron chi connectivity index (χ4n) is 7.51. The lowest BCUT2D eigenvalue weighted by molar-refractivity contribution is 0.645. The number of hydrogen-bond donors (Lipinski definition) is 0. The van der Waals surface area contributed by atoms with Gasteiger partial charge in [0.15, 0.2) is 0 Å². The molecule has 0 spiro atoms. The van der Waals surface area contributed by atoms with Gasteiger partial charge in [-0.15, -0.1) is 0 Å². The maximum atomic E-state index is 6.54. The van der Waals surface area contributed by atoms with Crippen molar-refractivity contribution in [1.82, 2.24) is 0 Å². The SMILES string of the molecule is C=C(/C=C\C=C/C)c1cccc2c1oc1cccc(C3=CC(C)[C@@H](c4c5ccccc5c(-c5ccccc5)c5ccccc45)C=C3)c12. The molecule has 1 aliphatic rings. The zero-order valence-electron chi connectivity index (χ0n) is 26.8. The van der Waals surface area contributed by atoms with Crippen molar-refractivity contribution in [3.05, 3.63) is 181 Å². The Balaban J connectivity index is 1.25. The highest BCUT2D eigenvalue weighted by Gasteiger charge is 2.26. The molecular weight excluding hydrogens is 569 g/mol. The van der Waals surface area contributed by atoms with E-state index in [-0.39, 0.29) is 11.8 Å². The maximum Gasteiger partial charge on any atom is 0.143 e. The summed E-state index contributed by atoms with van der Waals surface area (Å²) in [7, 11) is 0. The Hall–Kier alpha value is -5.66. The normalized spacial score (nSPS) is 16.7. The molecule has 0 saturated heterocycles. The molecule has 0 N–H and O–H groups in total. The van der Waals surface area contributed by atoms with Gasteiger partial charge in [0.05, 0.1) is 0 Å².